The molecule has 0 N–H and O–H groups in total. The minimum absolute atomic E-state index is 0.130. The second-order valence-electron chi connectivity index (χ2n) is 9.08. The van der Waals surface area contributed by atoms with E-state index in [0.717, 1.165) is 4.90 Å². The van der Waals surface area contributed by atoms with Gasteiger partial charge in [0.2, 0.25) is 0 Å². The number of aryl methyl sites for hydroxylation is 1. The van der Waals surface area contributed by atoms with Gasteiger partial charge >= 0.3 is 6.01 Å². The molecule has 4 heterocycles. The molecule has 0 unspecified atom stereocenters. The fourth-order valence-electron chi connectivity index (χ4n) is 4.74. The highest BCUT2D eigenvalue weighted by Crippen LogP contribution is 2.45. The zero-order valence-corrected chi connectivity index (χ0v) is 19.4. The second kappa shape index (κ2) is 8.80. The molecule has 2 aliphatic heterocycles. The molecule has 0 aromatic carbocycles. The van der Waals surface area contributed by atoms with Crippen molar-refractivity contribution >= 4 is 28.3 Å². The predicted molar refractivity (Wildman–Crippen MR) is 122 cm³/mol. The fraction of sp³-hybridized carbons (Fsp3) is 0.609. The molecule has 7 nitrogen and oxygen atoms in total. The molecule has 3 fully saturated rings. The molecule has 2 aromatic rings. The van der Waals surface area contributed by atoms with E-state index in [2.05, 4.69) is 15.0 Å². The standard InChI is InChI=1S/C23H27ClF3N5O2/c1-12-17-13(8-28-19(12)24)21(32-6-7-33-9-14-16(25)18(14)32)30-22(29-17)34-11-23(2)10-31(3)5-4-15(23)20(26)27/h8,14,16,18H,4-7,9-11H2,1-3H3/t14-,16-,18-,23-/m0/s1/i3D3,11D2. The minimum Gasteiger partial charge on any atom is -0.462 e. The predicted octanol–water partition coefficient (Wildman–Crippen LogP) is 4.03. The lowest BCUT2D eigenvalue weighted by molar-refractivity contribution is 0.104. The topological polar surface area (TPSA) is 63.6 Å². The van der Waals surface area contributed by atoms with Crippen molar-refractivity contribution in [3.63, 3.8) is 0 Å². The van der Waals surface area contributed by atoms with Crippen LogP contribution in [0.4, 0.5) is 19.0 Å². The summed E-state index contributed by atoms with van der Waals surface area (Å²) in [6, 6.07) is -1.01. The molecule has 11 heteroatoms. The molecule has 1 aliphatic carbocycles. The fourth-order valence-corrected chi connectivity index (χ4v) is 4.88. The van der Waals surface area contributed by atoms with E-state index in [1.165, 1.54) is 13.1 Å². The Morgan fingerprint density at radius 1 is 1.41 bits per heavy atom. The van der Waals surface area contributed by atoms with Gasteiger partial charge in [-0.25, -0.2) is 9.37 Å². The SMILES string of the molecule is [2H]C([2H])([2H])N1CCC(=C(F)F)[C@](C)(C([2H])([2H])Oc2nc(N3CCOC[C@H]4[C@H](F)[C@H]43)c3cnc(Cl)c(C)c3n2)C1. The number of halogens is 4. The van der Waals surface area contributed by atoms with E-state index in [1.807, 2.05) is 0 Å². The van der Waals surface area contributed by atoms with E-state index in [-0.39, 0.29) is 48.5 Å². The number of anilines is 1. The second-order valence-corrected chi connectivity index (χ2v) is 9.44. The van der Waals surface area contributed by atoms with Crippen LogP contribution >= 0.6 is 11.6 Å². The third-order valence-electron chi connectivity index (χ3n) is 6.73. The summed E-state index contributed by atoms with van der Waals surface area (Å²) in [7, 11) is 0. The van der Waals surface area contributed by atoms with Crippen molar-refractivity contribution < 1.29 is 29.5 Å². The summed E-state index contributed by atoms with van der Waals surface area (Å²) in [5.41, 5.74) is -1.90. The van der Waals surface area contributed by atoms with E-state index in [0.29, 0.717) is 17.6 Å². The Morgan fingerprint density at radius 2 is 2.24 bits per heavy atom. The average molecular weight is 503 g/mol. The van der Waals surface area contributed by atoms with Crippen molar-refractivity contribution in [2.24, 2.45) is 11.3 Å². The quantitative estimate of drug-likeness (QED) is 0.585. The first-order valence-electron chi connectivity index (χ1n) is 13.5. The normalized spacial score (nSPS) is 32.6. The lowest BCUT2D eigenvalue weighted by Gasteiger charge is -2.39. The molecular formula is C23H27ClF3N5O2. The molecule has 3 aliphatic rings. The lowest BCUT2D eigenvalue weighted by Crippen LogP contribution is -2.45. The van der Waals surface area contributed by atoms with Crippen molar-refractivity contribution in [3.8, 4) is 6.01 Å². The first-order valence-corrected chi connectivity index (χ1v) is 11.3. The van der Waals surface area contributed by atoms with Crippen LogP contribution in [0.15, 0.2) is 17.9 Å². The van der Waals surface area contributed by atoms with E-state index in [9.17, 15) is 13.2 Å². The van der Waals surface area contributed by atoms with Gasteiger partial charge in [-0.15, -0.1) is 0 Å². The third-order valence-corrected chi connectivity index (χ3v) is 7.11. The zero-order chi connectivity index (χ0) is 28.5. The molecule has 0 amide bonds. The van der Waals surface area contributed by atoms with E-state index in [1.54, 1.807) is 11.8 Å². The van der Waals surface area contributed by atoms with Crippen LogP contribution in [0.2, 0.25) is 5.15 Å². The monoisotopic (exact) mass is 502 g/mol. The number of hydrogen-bond donors (Lipinski definition) is 0. The Morgan fingerprint density at radius 3 is 3.00 bits per heavy atom. The van der Waals surface area contributed by atoms with Gasteiger partial charge in [-0.1, -0.05) is 18.5 Å². The Bertz CT molecular complexity index is 1330. The molecule has 0 spiro atoms. The molecule has 184 valence electrons. The van der Waals surface area contributed by atoms with E-state index in [4.69, 9.17) is 27.9 Å². The van der Waals surface area contributed by atoms with Gasteiger partial charge in [-0.05, 0) is 20.3 Å². The number of nitrogens with zero attached hydrogens (tertiary/aromatic N) is 5. The Hall–Kier alpha value is -2.17. The maximum absolute atomic E-state index is 14.6. The van der Waals surface area contributed by atoms with Crippen LogP contribution in [0.1, 0.15) is 25.8 Å². The van der Waals surface area contributed by atoms with Crippen LogP contribution < -0.4 is 9.64 Å². The molecule has 34 heavy (non-hydrogen) atoms. The number of fused-ring (bicyclic) bond motifs is 2. The number of hydrogen-bond acceptors (Lipinski definition) is 7. The maximum atomic E-state index is 14.6. The minimum atomic E-state index is -2.88. The van der Waals surface area contributed by atoms with Crippen LogP contribution in [0.3, 0.4) is 0 Å². The molecule has 0 radical (unpaired) electrons. The Kier molecular flexibility index (Phi) is 4.70. The van der Waals surface area contributed by atoms with Crippen LogP contribution in [0.25, 0.3) is 10.9 Å². The summed E-state index contributed by atoms with van der Waals surface area (Å²) in [5.74, 6) is -0.133. The first kappa shape index (κ1) is 18.1. The molecular weight excluding hydrogens is 471 g/mol. The number of alkyl halides is 1. The van der Waals surface area contributed by atoms with Gasteiger partial charge in [0.25, 0.3) is 6.08 Å². The van der Waals surface area contributed by atoms with Gasteiger partial charge in [-0.2, -0.15) is 18.7 Å². The van der Waals surface area contributed by atoms with Crippen molar-refractivity contribution in [3.05, 3.63) is 28.6 Å². The van der Waals surface area contributed by atoms with Gasteiger partial charge in [0.1, 0.15) is 23.7 Å². The molecule has 2 aromatic heterocycles. The number of ether oxygens (including phenoxy) is 2. The van der Waals surface area contributed by atoms with Gasteiger partial charge < -0.3 is 19.3 Å². The van der Waals surface area contributed by atoms with Crippen molar-refractivity contribution in [1.29, 1.82) is 0 Å². The zero-order valence-electron chi connectivity index (χ0n) is 23.6. The number of rotatable bonds is 4. The van der Waals surface area contributed by atoms with Crippen LogP contribution in [-0.4, -0.2) is 78.4 Å². The van der Waals surface area contributed by atoms with Crippen molar-refractivity contribution in [2.45, 2.75) is 32.5 Å². The largest absolute Gasteiger partial charge is 0.462 e. The molecule has 5 rings (SSSR count). The van der Waals surface area contributed by atoms with Gasteiger partial charge in [0.15, 0.2) is 0 Å². The maximum Gasteiger partial charge on any atom is 0.318 e. The van der Waals surface area contributed by atoms with E-state index >= 15 is 0 Å². The summed E-state index contributed by atoms with van der Waals surface area (Å²) in [4.78, 5) is 15.6. The van der Waals surface area contributed by atoms with Crippen molar-refractivity contribution in [2.75, 3.05) is 51.3 Å². The number of aromatic nitrogens is 3. The highest BCUT2D eigenvalue weighted by atomic mass is 35.5. The van der Waals surface area contributed by atoms with Crippen LogP contribution in [0, 0.1) is 18.3 Å². The summed E-state index contributed by atoms with van der Waals surface area (Å²) >= 11 is 6.23. The summed E-state index contributed by atoms with van der Waals surface area (Å²) in [6.07, 6.45) is -2.17. The number of piperidine rings is 1. The molecule has 2 saturated heterocycles. The van der Waals surface area contributed by atoms with Crippen molar-refractivity contribution in [1.82, 2.24) is 19.9 Å². The molecule has 1 saturated carbocycles. The average Bonchev–Trinajstić information content (AvgIpc) is 3.54. The molecule has 0 bridgehead atoms. The Labute approximate surface area is 207 Å². The molecule has 4 atom stereocenters. The van der Waals surface area contributed by atoms with Crippen LogP contribution in [-0.2, 0) is 4.74 Å². The summed E-state index contributed by atoms with van der Waals surface area (Å²) < 4.78 is 94.6. The van der Waals surface area contributed by atoms with Gasteiger partial charge in [-0.3, -0.25) is 0 Å². The van der Waals surface area contributed by atoms with Gasteiger partial charge in [0, 0.05) is 52.4 Å². The smallest absolute Gasteiger partial charge is 0.318 e. The van der Waals surface area contributed by atoms with Gasteiger partial charge in [0.05, 0.1) is 32.9 Å². The Balaban J connectivity index is 1.60. The number of pyridine rings is 1. The third kappa shape index (κ3) is 4.09. The summed E-state index contributed by atoms with van der Waals surface area (Å²) in [6.45, 7) is -2.58. The highest BCUT2D eigenvalue weighted by Gasteiger charge is 2.56. The summed E-state index contributed by atoms with van der Waals surface area (Å²) in [5, 5.41) is 0.558. The number of likely N-dealkylation sites (tertiary alicyclic amines) is 1. The van der Waals surface area contributed by atoms with E-state index < -0.39 is 55.4 Å². The lowest BCUT2D eigenvalue weighted by atomic mass is 9.78. The first-order chi connectivity index (χ1) is 18.2. The van der Waals surface area contributed by atoms with Crippen LogP contribution in [0.5, 0.6) is 6.01 Å². The highest BCUT2D eigenvalue weighted by molar-refractivity contribution is 6.31.